The molecule has 1 aromatic heterocycles. The van der Waals surface area contributed by atoms with Gasteiger partial charge in [0.15, 0.2) is 0 Å². The van der Waals surface area contributed by atoms with Crippen molar-refractivity contribution in [2.24, 2.45) is 0 Å². The van der Waals surface area contributed by atoms with E-state index in [1.807, 2.05) is 0 Å². The second-order valence-electron chi connectivity index (χ2n) is 2.50. The predicted molar refractivity (Wildman–Crippen MR) is 60.9 cm³/mol. The molecular weight excluding hydrogens is 328 g/mol. The van der Waals surface area contributed by atoms with Gasteiger partial charge in [-0.15, -0.1) is 0 Å². The zero-order valence-electron chi connectivity index (χ0n) is 7.24. The molecule has 0 spiro atoms. The molecule has 0 aromatic carbocycles. The number of nitriles is 1. The van der Waals surface area contributed by atoms with Crippen LogP contribution in [-0.2, 0) is 4.79 Å². The minimum absolute atomic E-state index is 0.356. The summed E-state index contributed by atoms with van der Waals surface area (Å²) >= 11 is 6.43. The van der Waals surface area contributed by atoms with E-state index in [0.717, 1.165) is 4.47 Å². The van der Waals surface area contributed by atoms with Crippen molar-refractivity contribution in [1.82, 2.24) is 4.98 Å². The number of hydrogen-bond acceptors (Lipinski definition) is 3. The predicted octanol–water partition coefficient (Wildman–Crippen LogP) is 2.60. The minimum atomic E-state index is -1.27. The van der Waals surface area contributed by atoms with Crippen LogP contribution in [0.15, 0.2) is 26.8 Å². The molecule has 0 unspecified atom stereocenters. The van der Waals surface area contributed by atoms with Crippen LogP contribution < -0.4 is 0 Å². The van der Waals surface area contributed by atoms with E-state index < -0.39 is 5.97 Å². The monoisotopic (exact) mass is 330 g/mol. The first-order chi connectivity index (χ1) is 7.04. The van der Waals surface area contributed by atoms with Crippen LogP contribution >= 0.6 is 31.9 Å². The number of aliphatic carboxylic acids is 1. The highest BCUT2D eigenvalue weighted by Crippen LogP contribution is 2.21. The third-order valence-corrected chi connectivity index (χ3v) is 2.54. The highest BCUT2D eigenvalue weighted by molar-refractivity contribution is 9.11. The summed E-state index contributed by atoms with van der Waals surface area (Å²) in [5.74, 6) is -1.27. The van der Waals surface area contributed by atoms with Gasteiger partial charge in [0.05, 0.1) is 5.69 Å². The maximum absolute atomic E-state index is 10.6. The van der Waals surface area contributed by atoms with Crippen molar-refractivity contribution < 1.29 is 9.90 Å². The molecule has 4 nitrogen and oxygen atoms in total. The molecule has 0 atom stereocenters. The molecule has 0 saturated heterocycles. The Labute approximate surface area is 103 Å². The van der Waals surface area contributed by atoms with Crippen molar-refractivity contribution in [2.75, 3.05) is 0 Å². The number of carboxylic acid groups (broad SMARTS) is 1. The second kappa shape index (κ2) is 5.05. The largest absolute Gasteiger partial charge is 0.477 e. The summed E-state index contributed by atoms with van der Waals surface area (Å²) in [6.45, 7) is 0. The number of rotatable bonds is 2. The van der Waals surface area contributed by atoms with Crippen LogP contribution in [0.25, 0.3) is 6.08 Å². The van der Waals surface area contributed by atoms with E-state index in [9.17, 15) is 4.79 Å². The maximum atomic E-state index is 10.6. The summed E-state index contributed by atoms with van der Waals surface area (Å²) in [5.41, 5.74) is 0.0441. The lowest BCUT2D eigenvalue weighted by atomic mass is 10.2. The first-order valence-corrected chi connectivity index (χ1v) is 5.29. The first-order valence-electron chi connectivity index (χ1n) is 3.70. The average molecular weight is 332 g/mol. The van der Waals surface area contributed by atoms with Crippen LogP contribution in [0.3, 0.4) is 0 Å². The van der Waals surface area contributed by atoms with E-state index in [4.69, 9.17) is 10.4 Å². The lowest BCUT2D eigenvalue weighted by Crippen LogP contribution is -1.98. The lowest BCUT2D eigenvalue weighted by Gasteiger charge is -1.98. The standard InChI is InChI=1S/C9H4Br2N2O2/c10-6-2-7(11)8(13-4-6)1-5(3-12)9(14)15/h1-2,4H,(H,14,15). The Balaban J connectivity index is 3.19. The van der Waals surface area contributed by atoms with Gasteiger partial charge >= 0.3 is 5.97 Å². The Bertz CT molecular complexity index is 477. The van der Waals surface area contributed by atoms with E-state index in [1.165, 1.54) is 12.3 Å². The fraction of sp³-hybridized carbons (Fsp3) is 0. The van der Waals surface area contributed by atoms with Crippen molar-refractivity contribution in [1.29, 1.82) is 5.26 Å². The van der Waals surface area contributed by atoms with E-state index >= 15 is 0 Å². The Morgan fingerprint density at radius 3 is 2.73 bits per heavy atom. The number of hydrogen-bond donors (Lipinski definition) is 1. The molecule has 0 bridgehead atoms. The third-order valence-electron chi connectivity index (χ3n) is 1.47. The molecule has 1 heterocycles. The number of aromatic nitrogens is 1. The van der Waals surface area contributed by atoms with Crippen LogP contribution in [0, 0.1) is 11.3 Å². The van der Waals surface area contributed by atoms with Gasteiger partial charge in [-0.3, -0.25) is 4.98 Å². The quantitative estimate of drug-likeness (QED) is 0.667. The van der Waals surface area contributed by atoms with Crippen LogP contribution in [0.2, 0.25) is 0 Å². The van der Waals surface area contributed by atoms with Crippen LogP contribution in [-0.4, -0.2) is 16.1 Å². The van der Waals surface area contributed by atoms with Crippen molar-refractivity contribution in [3.63, 3.8) is 0 Å². The van der Waals surface area contributed by atoms with Gasteiger partial charge in [-0.2, -0.15) is 5.26 Å². The van der Waals surface area contributed by atoms with E-state index in [2.05, 4.69) is 36.8 Å². The van der Waals surface area contributed by atoms with Crippen LogP contribution in [0.5, 0.6) is 0 Å². The highest BCUT2D eigenvalue weighted by atomic mass is 79.9. The smallest absolute Gasteiger partial charge is 0.346 e. The van der Waals surface area contributed by atoms with Crippen molar-refractivity contribution in [3.05, 3.63) is 32.5 Å². The normalized spacial score (nSPS) is 10.9. The summed E-state index contributed by atoms with van der Waals surface area (Å²) < 4.78 is 1.38. The van der Waals surface area contributed by atoms with Crippen molar-refractivity contribution in [3.8, 4) is 6.07 Å². The Morgan fingerprint density at radius 1 is 1.60 bits per heavy atom. The van der Waals surface area contributed by atoms with Crippen molar-refractivity contribution >= 4 is 43.9 Å². The molecule has 1 rings (SSSR count). The topological polar surface area (TPSA) is 74.0 Å². The SMILES string of the molecule is N#CC(=Cc1ncc(Br)cc1Br)C(=O)O. The van der Waals surface area contributed by atoms with Gasteiger partial charge in [0, 0.05) is 15.1 Å². The van der Waals surface area contributed by atoms with Gasteiger partial charge in [-0.05, 0) is 44.0 Å². The first kappa shape index (κ1) is 11.9. The van der Waals surface area contributed by atoms with E-state index in [1.54, 1.807) is 12.1 Å². The van der Waals surface area contributed by atoms with Gasteiger partial charge < -0.3 is 5.11 Å². The summed E-state index contributed by atoms with van der Waals surface area (Å²) in [6.07, 6.45) is 2.73. The number of pyridine rings is 1. The van der Waals surface area contributed by atoms with Crippen molar-refractivity contribution in [2.45, 2.75) is 0 Å². The molecule has 76 valence electrons. The highest BCUT2D eigenvalue weighted by Gasteiger charge is 2.08. The molecule has 0 aliphatic carbocycles. The zero-order valence-corrected chi connectivity index (χ0v) is 10.4. The minimum Gasteiger partial charge on any atom is -0.477 e. The maximum Gasteiger partial charge on any atom is 0.346 e. The number of halogens is 2. The van der Waals surface area contributed by atoms with Gasteiger partial charge in [0.2, 0.25) is 0 Å². The van der Waals surface area contributed by atoms with Gasteiger partial charge in [-0.25, -0.2) is 4.79 Å². The average Bonchev–Trinajstić information content (AvgIpc) is 2.16. The van der Waals surface area contributed by atoms with Gasteiger partial charge in [-0.1, -0.05) is 0 Å². The molecule has 0 aliphatic heterocycles. The van der Waals surface area contributed by atoms with Crippen LogP contribution in [0.1, 0.15) is 5.69 Å². The van der Waals surface area contributed by atoms with Gasteiger partial charge in [0.1, 0.15) is 11.6 Å². The van der Waals surface area contributed by atoms with E-state index in [-0.39, 0.29) is 5.57 Å². The second-order valence-corrected chi connectivity index (χ2v) is 4.27. The molecule has 6 heteroatoms. The Hall–Kier alpha value is -1.19. The molecule has 1 N–H and O–H groups in total. The Morgan fingerprint density at radius 2 is 2.27 bits per heavy atom. The van der Waals surface area contributed by atoms with Crippen LogP contribution in [0.4, 0.5) is 0 Å². The molecule has 0 saturated carbocycles. The fourth-order valence-corrected chi connectivity index (χ4v) is 1.91. The zero-order chi connectivity index (χ0) is 11.4. The molecule has 1 aromatic rings. The lowest BCUT2D eigenvalue weighted by molar-refractivity contribution is -0.132. The third kappa shape index (κ3) is 3.15. The number of nitrogens with zero attached hydrogens (tertiary/aromatic N) is 2. The summed E-state index contributed by atoms with van der Waals surface area (Å²) in [6, 6.07) is 3.30. The summed E-state index contributed by atoms with van der Waals surface area (Å²) in [5, 5.41) is 17.2. The molecule has 15 heavy (non-hydrogen) atoms. The Kier molecular flexibility index (Phi) is 4.00. The summed E-state index contributed by atoms with van der Waals surface area (Å²) in [7, 11) is 0. The summed E-state index contributed by atoms with van der Waals surface area (Å²) in [4.78, 5) is 14.5. The fourth-order valence-electron chi connectivity index (χ4n) is 0.810. The molecular formula is C9H4Br2N2O2. The van der Waals surface area contributed by atoms with E-state index in [0.29, 0.717) is 10.2 Å². The number of carboxylic acids is 1. The number of carbonyl (C=O) groups is 1. The molecule has 0 radical (unpaired) electrons. The molecule has 0 fully saturated rings. The molecule has 0 aliphatic rings. The van der Waals surface area contributed by atoms with Gasteiger partial charge in [0.25, 0.3) is 0 Å². The molecule has 0 amide bonds.